The number of hydrogen-bond acceptors (Lipinski definition) is 10. The number of nitrogens with one attached hydrogen (secondary N) is 2. The molecule has 2 aromatic carbocycles. The molecule has 2 amide bonds. The van der Waals surface area contributed by atoms with Crippen LogP contribution in [0.5, 0.6) is 11.5 Å². The third kappa shape index (κ3) is 30.7. The number of benzene rings is 2. The van der Waals surface area contributed by atoms with Crippen molar-refractivity contribution in [3.05, 3.63) is 85.0 Å². The molecule has 2 aromatic rings. The van der Waals surface area contributed by atoms with Crippen molar-refractivity contribution in [2.45, 2.75) is 220 Å². The molecule has 12 nitrogen and oxygen atoms in total. The molecule has 0 saturated heterocycles. The van der Waals surface area contributed by atoms with Gasteiger partial charge < -0.3 is 39.1 Å². The van der Waals surface area contributed by atoms with Crippen molar-refractivity contribution in [3.8, 4) is 11.5 Å². The molecule has 0 aliphatic heterocycles. The molecule has 3 rings (SSSR count). The fourth-order valence-electron chi connectivity index (χ4n) is 10.6. The zero-order chi connectivity index (χ0) is 54.9. The summed E-state index contributed by atoms with van der Waals surface area (Å²) in [6.07, 6.45) is 33.1. The Morgan fingerprint density at radius 1 is 0.461 bits per heavy atom. The minimum Gasteiger partial charge on any atom is -0.490 e. The lowest BCUT2D eigenvalue weighted by molar-refractivity contribution is -0.143. The molecule has 2 N–H and O–H groups in total. The highest BCUT2D eigenvalue weighted by Crippen LogP contribution is 2.48. The summed E-state index contributed by atoms with van der Waals surface area (Å²) in [7, 11) is 0. The Morgan fingerprint density at radius 2 is 0.789 bits per heavy atom. The number of alkyl carbamates (subject to hydrolysis) is 2. The number of carbonyl (C=O) groups excluding carboxylic acids is 4. The smallest absolute Gasteiger partial charge is 0.407 e. The van der Waals surface area contributed by atoms with Crippen molar-refractivity contribution in [1.29, 1.82) is 0 Å². The van der Waals surface area contributed by atoms with E-state index in [0.717, 1.165) is 62.2 Å². The summed E-state index contributed by atoms with van der Waals surface area (Å²) < 4.78 is 33.3. The summed E-state index contributed by atoms with van der Waals surface area (Å²) in [4.78, 5) is 49.4. The van der Waals surface area contributed by atoms with Gasteiger partial charge in [0.1, 0.15) is 37.9 Å². The van der Waals surface area contributed by atoms with Gasteiger partial charge in [-0.1, -0.05) is 205 Å². The van der Waals surface area contributed by atoms with Gasteiger partial charge in [-0.25, -0.2) is 19.2 Å². The third-order valence-corrected chi connectivity index (χ3v) is 14.9. The fraction of sp³-hybridized carbons (Fsp3) is 0.688. The lowest BCUT2D eigenvalue weighted by Gasteiger charge is -2.44. The van der Waals surface area contributed by atoms with Crippen molar-refractivity contribution >= 4 is 24.1 Å². The van der Waals surface area contributed by atoms with Gasteiger partial charge in [0.15, 0.2) is 12.2 Å². The molecule has 428 valence electrons. The average molecular weight is 1060 g/mol. The number of unbranched alkanes of at least 4 members (excludes halogenated alkanes) is 18. The van der Waals surface area contributed by atoms with Crippen LogP contribution in [0, 0.1) is 23.7 Å². The first-order valence-electron chi connectivity index (χ1n) is 29.9. The molecule has 1 aliphatic rings. The second-order valence-corrected chi connectivity index (χ2v) is 21.6. The Labute approximate surface area is 460 Å². The van der Waals surface area contributed by atoms with Crippen LogP contribution in [-0.2, 0) is 28.5 Å². The second kappa shape index (κ2) is 42.1. The molecule has 0 heterocycles. The molecule has 1 fully saturated rings. The van der Waals surface area contributed by atoms with Crippen molar-refractivity contribution in [3.63, 3.8) is 0 Å². The third-order valence-electron chi connectivity index (χ3n) is 14.9. The highest BCUT2D eigenvalue weighted by molar-refractivity contribution is 5.87. The summed E-state index contributed by atoms with van der Waals surface area (Å²) in [5.74, 6) is 3.71. The maximum Gasteiger partial charge on any atom is 0.407 e. The summed E-state index contributed by atoms with van der Waals surface area (Å²) in [6, 6.07) is 18.5. The minimum atomic E-state index is -0.755. The van der Waals surface area contributed by atoms with Crippen molar-refractivity contribution in [2.75, 3.05) is 39.5 Å². The lowest BCUT2D eigenvalue weighted by atomic mass is 9.61. The summed E-state index contributed by atoms with van der Waals surface area (Å²) in [5, 5.41) is 5.74. The van der Waals surface area contributed by atoms with E-state index >= 15 is 0 Å². The molecule has 6 unspecified atom stereocenters. The molecule has 0 radical (unpaired) electrons. The molecule has 6 atom stereocenters. The van der Waals surface area contributed by atoms with E-state index in [-0.39, 0.29) is 37.6 Å². The van der Waals surface area contributed by atoms with Gasteiger partial charge in [0.2, 0.25) is 0 Å². The highest BCUT2D eigenvalue weighted by atomic mass is 16.6. The number of rotatable bonds is 44. The van der Waals surface area contributed by atoms with Gasteiger partial charge in [0.05, 0.1) is 0 Å². The zero-order valence-corrected chi connectivity index (χ0v) is 47.8. The molecule has 76 heavy (non-hydrogen) atoms. The van der Waals surface area contributed by atoms with Crippen molar-refractivity contribution < 1.29 is 47.6 Å². The zero-order valence-electron chi connectivity index (χ0n) is 47.8. The van der Waals surface area contributed by atoms with Crippen LogP contribution < -0.4 is 20.1 Å². The molecule has 1 saturated carbocycles. The first-order valence-corrected chi connectivity index (χ1v) is 29.9. The maximum atomic E-state index is 12.7. The van der Waals surface area contributed by atoms with Gasteiger partial charge in [-0.15, -0.1) is 0 Å². The largest absolute Gasteiger partial charge is 0.490 e. The van der Waals surface area contributed by atoms with E-state index < -0.39 is 36.3 Å². The van der Waals surface area contributed by atoms with Crippen molar-refractivity contribution in [2.24, 2.45) is 23.7 Å². The van der Waals surface area contributed by atoms with E-state index in [1.807, 2.05) is 60.7 Å². The van der Waals surface area contributed by atoms with Crippen LogP contribution in [0.4, 0.5) is 9.59 Å². The number of amides is 2. The van der Waals surface area contributed by atoms with Gasteiger partial charge in [0, 0.05) is 24.2 Å². The van der Waals surface area contributed by atoms with Crippen molar-refractivity contribution in [1.82, 2.24) is 10.6 Å². The van der Waals surface area contributed by atoms with Crippen LogP contribution in [-0.4, -0.2) is 75.9 Å². The number of ether oxygens (including phenoxy) is 6. The lowest BCUT2D eigenvalue weighted by Crippen LogP contribution is -2.36. The van der Waals surface area contributed by atoms with E-state index in [0.29, 0.717) is 24.6 Å². The molecule has 0 spiro atoms. The fourth-order valence-corrected chi connectivity index (χ4v) is 10.6. The number of carbonyl (C=O) groups is 4. The summed E-state index contributed by atoms with van der Waals surface area (Å²) in [6.45, 7) is 16.0. The molecule has 0 bridgehead atoms. The van der Waals surface area contributed by atoms with Gasteiger partial charge in [0.25, 0.3) is 0 Å². The SMILES string of the molecule is C=C(C)C(=O)OCC(COc1ccccc1)OC(=O)NCCCCCCCCCC1CCC(CCCCC)C(CCCCCCC)C1CCCCCCCCCNC(=O)OC(COC(=O)C(=C)C)COc1ccccc1. The van der Waals surface area contributed by atoms with E-state index in [1.165, 1.54) is 141 Å². The van der Waals surface area contributed by atoms with Crippen LogP contribution in [0.2, 0.25) is 0 Å². The quantitative estimate of drug-likeness (QED) is 0.0284. The number of hydrogen-bond donors (Lipinski definition) is 2. The molecular weight excluding hydrogens is 957 g/mol. The van der Waals surface area contributed by atoms with Crippen LogP contribution in [0.3, 0.4) is 0 Å². The van der Waals surface area contributed by atoms with E-state index in [9.17, 15) is 19.2 Å². The highest BCUT2D eigenvalue weighted by Gasteiger charge is 2.38. The first kappa shape index (κ1) is 65.3. The Hall–Kier alpha value is -5.00. The Balaban J connectivity index is 1.38. The Bertz CT molecular complexity index is 1860. The molecule has 0 aromatic heterocycles. The topological polar surface area (TPSA) is 148 Å². The molecule has 12 heteroatoms. The first-order chi connectivity index (χ1) is 37.0. The average Bonchev–Trinajstić information content (AvgIpc) is 3.42. The predicted octanol–water partition coefficient (Wildman–Crippen LogP) is 16.0. The normalized spacial score (nSPS) is 16.9. The number of para-hydroxylation sites is 2. The second-order valence-electron chi connectivity index (χ2n) is 21.6. The van der Waals surface area contributed by atoms with E-state index in [1.54, 1.807) is 13.8 Å². The van der Waals surface area contributed by atoms with Crippen LogP contribution >= 0.6 is 0 Å². The monoisotopic (exact) mass is 1060 g/mol. The van der Waals surface area contributed by atoms with Gasteiger partial charge >= 0.3 is 24.1 Å². The standard InChI is InChI=1S/C64H102N2O10/c1-7-9-11-18-31-41-59-53(35-25-10-8-2)43-44-54(36-26-19-14-12-16-21-33-45-65-63(69)75-57(49-73-61(67)51(3)4)47-71-55-37-27-23-28-38-55)60(59)42-32-20-15-13-17-22-34-46-66-64(70)76-58(50-74-62(68)52(5)6)48-72-56-39-29-24-30-40-56/h23-24,27-30,37-40,53-54,57-60H,3,5,7-22,25-26,31-36,41-50H2,1-2,4,6H3,(H,65,69)(H,66,70). The summed E-state index contributed by atoms with van der Waals surface area (Å²) >= 11 is 0. The van der Waals surface area contributed by atoms with E-state index in [4.69, 9.17) is 28.4 Å². The summed E-state index contributed by atoms with van der Waals surface area (Å²) in [5.41, 5.74) is 0.563. The van der Waals surface area contributed by atoms with E-state index in [2.05, 4.69) is 37.6 Å². The Morgan fingerprint density at radius 3 is 1.17 bits per heavy atom. The molecular formula is C64H102N2O10. The van der Waals surface area contributed by atoms with Gasteiger partial charge in [-0.2, -0.15) is 0 Å². The van der Waals surface area contributed by atoms with Gasteiger partial charge in [-0.05, 0) is 100 Å². The van der Waals surface area contributed by atoms with Crippen LogP contribution in [0.25, 0.3) is 0 Å². The maximum absolute atomic E-state index is 12.7. The van der Waals surface area contributed by atoms with Crippen LogP contribution in [0.15, 0.2) is 85.0 Å². The Kier molecular flexibility index (Phi) is 36.1. The minimum absolute atomic E-state index is 0.0602. The van der Waals surface area contributed by atoms with Gasteiger partial charge in [-0.3, -0.25) is 0 Å². The number of esters is 2. The van der Waals surface area contributed by atoms with Crippen LogP contribution in [0.1, 0.15) is 207 Å². The predicted molar refractivity (Wildman–Crippen MR) is 307 cm³/mol. The molecule has 1 aliphatic carbocycles.